The van der Waals surface area contributed by atoms with Crippen molar-refractivity contribution in [2.24, 2.45) is 0 Å². The average Bonchev–Trinajstić information content (AvgIpc) is 2.39. The number of hydrogen-bond donors (Lipinski definition) is 1. The van der Waals surface area contributed by atoms with E-state index >= 15 is 0 Å². The lowest BCUT2D eigenvalue weighted by Crippen LogP contribution is -2.84. The molecule has 0 unspecified atom stereocenters. The van der Waals surface area contributed by atoms with Gasteiger partial charge in [0.25, 0.3) is 0 Å². The van der Waals surface area contributed by atoms with Gasteiger partial charge < -0.3 is 10.1 Å². The number of benzene rings is 1. The van der Waals surface area contributed by atoms with Gasteiger partial charge in [-0.25, -0.2) is 0 Å². The minimum Gasteiger partial charge on any atom is -0.494 e. The van der Waals surface area contributed by atoms with Crippen LogP contribution >= 0.6 is 11.6 Å². The van der Waals surface area contributed by atoms with E-state index in [2.05, 4.69) is 12.2 Å². The van der Waals surface area contributed by atoms with E-state index in [4.69, 9.17) is 16.3 Å². The van der Waals surface area contributed by atoms with Gasteiger partial charge in [-0.2, -0.15) is 0 Å². The average molecular weight is 271 g/mol. The Balaban J connectivity index is 1.91. The Morgan fingerprint density at radius 2 is 1.72 bits per heavy atom. The molecule has 0 fully saturated rings. The second-order valence-corrected chi connectivity index (χ2v) is 5.02. The Hall–Kier alpha value is -0.730. The van der Waals surface area contributed by atoms with Crippen LogP contribution < -0.4 is 10.1 Å². The number of unbranched alkanes of at least 4 members (excludes halogenated alkanes) is 3. The highest BCUT2D eigenvalue weighted by atomic mass is 35.5. The second kappa shape index (κ2) is 10.2. The molecule has 0 aliphatic carbocycles. The van der Waals surface area contributed by atoms with Crippen LogP contribution in [0.4, 0.5) is 0 Å². The zero-order valence-electron chi connectivity index (χ0n) is 11.3. The molecule has 1 aromatic rings. The van der Waals surface area contributed by atoms with Crippen LogP contribution in [0.1, 0.15) is 39.0 Å². The van der Waals surface area contributed by atoms with Crippen LogP contribution in [0.2, 0.25) is 5.02 Å². The first kappa shape index (κ1) is 15.3. The Kier molecular flexibility index (Phi) is 8.70. The highest BCUT2D eigenvalue weighted by molar-refractivity contribution is 6.30. The third kappa shape index (κ3) is 7.57. The van der Waals surface area contributed by atoms with E-state index in [-0.39, 0.29) is 0 Å². The zero-order valence-corrected chi connectivity index (χ0v) is 12.1. The van der Waals surface area contributed by atoms with Gasteiger partial charge in [0.2, 0.25) is 0 Å². The molecule has 1 aromatic carbocycles. The normalized spacial score (nSPS) is 10.6. The van der Waals surface area contributed by atoms with Crippen molar-refractivity contribution in [3.63, 3.8) is 0 Å². The van der Waals surface area contributed by atoms with Gasteiger partial charge in [0.1, 0.15) is 5.75 Å². The molecule has 102 valence electrons. The molecule has 0 radical (unpaired) electrons. The fraction of sp³-hybridized carbons (Fsp3) is 0.600. The van der Waals surface area contributed by atoms with E-state index in [1.807, 2.05) is 24.3 Å². The van der Waals surface area contributed by atoms with Crippen molar-refractivity contribution in [3.8, 4) is 5.75 Å². The number of quaternary nitrogens is 1. The van der Waals surface area contributed by atoms with Gasteiger partial charge in [-0.15, -0.1) is 0 Å². The summed E-state index contributed by atoms with van der Waals surface area (Å²) in [6.45, 7) is 5.57. The van der Waals surface area contributed by atoms with Crippen LogP contribution in [0.15, 0.2) is 24.3 Å². The molecule has 3 heteroatoms. The lowest BCUT2D eigenvalue weighted by atomic mass is 10.2. The number of ether oxygens (including phenoxy) is 1. The van der Waals surface area contributed by atoms with Crippen LogP contribution in [0.25, 0.3) is 0 Å². The van der Waals surface area contributed by atoms with E-state index in [1.165, 1.54) is 38.8 Å². The molecule has 1 rings (SSSR count). The fourth-order valence-electron chi connectivity index (χ4n) is 1.78. The minimum atomic E-state index is 0.755. The van der Waals surface area contributed by atoms with Gasteiger partial charge >= 0.3 is 0 Å². The molecule has 0 amide bonds. The number of nitrogens with two attached hydrogens (primary N) is 1. The molecular formula is C15H25ClNO+. The fourth-order valence-corrected chi connectivity index (χ4v) is 1.91. The SMILES string of the molecule is CCCC[NH2+]CCCCCOc1ccc(Cl)cc1. The van der Waals surface area contributed by atoms with E-state index in [1.54, 1.807) is 0 Å². The summed E-state index contributed by atoms with van der Waals surface area (Å²) in [5.74, 6) is 0.911. The summed E-state index contributed by atoms with van der Waals surface area (Å²) >= 11 is 5.81. The first-order valence-electron chi connectivity index (χ1n) is 7.03. The summed E-state index contributed by atoms with van der Waals surface area (Å²) in [4.78, 5) is 0. The van der Waals surface area contributed by atoms with Gasteiger partial charge in [0.05, 0.1) is 19.7 Å². The maximum Gasteiger partial charge on any atom is 0.119 e. The standard InChI is InChI=1S/C15H24ClNO/c1-2-3-11-17-12-5-4-6-13-18-15-9-7-14(16)8-10-15/h7-10,17H,2-6,11-13H2,1H3/p+1. The summed E-state index contributed by atoms with van der Waals surface area (Å²) < 4.78 is 5.64. The molecule has 0 saturated carbocycles. The van der Waals surface area contributed by atoms with Crippen molar-refractivity contribution in [3.05, 3.63) is 29.3 Å². The Labute approximate surface area is 116 Å². The van der Waals surface area contributed by atoms with E-state index in [0.29, 0.717) is 0 Å². The van der Waals surface area contributed by atoms with Crippen molar-refractivity contribution in [1.29, 1.82) is 0 Å². The third-order valence-corrected chi connectivity index (χ3v) is 3.15. The smallest absolute Gasteiger partial charge is 0.119 e. The second-order valence-electron chi connectivity index (χ2n) is 4.58. The molecule has 0 atom stereocenters. The van der Waals surface area contributed by atoms with Crippen LogP contribution in [0.3, 0.4) is 0 Å². The summed E-state index contributed by atoms with van der Waals surface area (Å²) in [6.07, 6.45) is 6.29. The first-order chi connectivity index (χ1) is 8.83. The van der Waals surface area contributed by atoms with Crippen molar-refractivity contribution in [2.75, 3.05) is 19.7 Å². The van der Waals surface area contributed by atoms with E-state index < -0.39 is 0 Å². The maximum atomic E-state index is 5.81. The van der Waals surface area contributed by atoms with Gasteiger partial charge in [-0.05, 0) is 49.9 Å². The highest BCUT2D eigenvalue weighted by Gasteiger charge is 1.95. The molecule has 0 heterocycles. The number of halogens is 1. The van der Waals surface area contributed by atoms with Crippen LogP contribution in [0.5, 0.6) is 5.75 Å². The molecule has 0 bridgehead atoms. The number of rotatable bonds is 10. The highest BCUT2D eigenvalue weighted by Crippen LogP contribution is 2.15. The van der Waals surface area contributed by atoms with E-state index in [9.17, 15) is 0 Å². The Bertz CT molecular complexity index is 300. The van der Waals surface area contributed by atoms with Crippen molar-refractivity contribution in [2.45, 2.75) is 39.0 Å². The van der Waals surface area contributed by atoms with Crippen LogP contribution in [-0.2, 0) is 0 Å². The van der Waals surface area contributed by atoms with Crippen molar-refractivity contribution in [1.82, 2.24) is 0 Å². The van der Waals surface area contributed by atoms with Gasteiger partial charge in [0, 0.05) is 5.02 Å². The molecule has 0 aliphatic rings. The third-order valence-electron chi connectivity index (χ3n) is 2.90. The first-order valence-corrected chi connectivity index (χ1v) is 7.40. The molecule has 0 aromatic heterocycles. The number of hydrogen-bond acceptors (Lipinski definition) is 1. The Morgan fingerprint density at radius 1 is 1.00 bits per heavy atom. The molecule has 0 aliphatic heterocycles. The molecule has 18 heavy (non-hydrogen) atoms. The lowest BCUT2D eigenvalue weighted by Gasteiger charge is -2.05. The topological polar surface area (TPSA) is 25.8 Å². The molecule has 0 spiro atoms. The summed E-state index contributed by atoms with van der Waals surface area (Å²) in [5.41, 5.74) is 0. The predicted molar refractivity (Wildman–Crippen MR) is 77.4 cm³/mol. The summed E-state index contributed by atoms with van der Waals surface area (Å²) in [5, 5.41) is 3.17. The summed E-state index contributed by atoms with van der Waals surface area (Å²) in [7, 11) is 0. The maximum absolute atomic E-state index is 5.81. The molecular weight excluding hydrogens is 246 g/mol. The lowest BCUT2D eigenvalue weighted by molar-refractivity contribution is -0.655. The quantitative estimate of drug-likeness (QED) is 0.649. The minimum absolute atomic E-state index is 0.755. The van der Waals surface area contributed by atoms with Crippen LogP contribution in [-0.4, -0.2) is 19.7 Å². The van der Waals surface area contributed by atoms with Gasteiger partial charge in [0.15, 0.2) is 0 Å². The molecule has 2 nitrogen and oxygen atoms in total. The summed E-state index contributed by atoms with van der Waals surface area (Å²) in [6, 6.07) is 7.56. The Morgan fingerprint density at radius 3 is 2.44 bits per heavy atom. The monoisotopic (exact) mass is 270 g/mol. The van der Waals surface area contributed by atoms with Gasteiger partial charge in [-0.1, -0.05) is 24.9 Å². The van der Waals surface area contributed by atoms with Crippen molar-refractivity contribution < 1.29 is 10.1 Å². The molecule has 2 N–H and O–H groups in total. The van der Waals surface area contributed by atoms with E-state index in [0.717, 1.165) is 23.8 Å². The zero-order chi connectivity index (χ0) is 13.1. The van der Waals surface area contributed by atoms with Crippen molar-refractivity contribution >= 4 is 11.6 Å². The van der Waals surface area contributed by atoms with Crippen LogP contribution in [0, 0.1) is 0 Å². The molecule has 0 saturated heterocycles. The van der Waals surface area contributed by atoms with Gasteiger partial charge in [-0.3, -0.25) is 0 Å². The largest absolute Gasteiger partial charge is 0.494 e. The predicted octanol–water partition coefficient (Wildman–Crippen LogP) is 3.25.